The molecule has 2 bridgehead atoms. The molecule has 7 unspecified atom stereocenters. The van der Waals surface area contributed by atoms with E-state index in [-0.39, 0.29) is 29.6 Å². The first kappa shape index (κ1) is 12.4. The zero-order chi connectivity index (χ0) is 13.2. The number of carbonyl (C=O) groups is 1. The van der Waals surface area contributed by atoms with Crippen LogP contribution in [-0.2, 0) is 9.53 Å². The van der Waals surface area contributed by atoms with Gasteiger partial charge in [-0.3, -0.25) is 4.79 Å². The molecule has 4 fully saturated rings. The van der Waals surface area contributed by atoms with Crippen LogP contribution >= 0.6 is 0 Å². The molecule has 3 saturated carbocycles. The standard InChI is InChI=1S/C14H22O4/c1-6(2)7-4-9-11-8(5-18-13(11)16)10(7)12(15)14(9,3)17/h6-12,15,17H,4-5H2,1-3H3. The third kappa shape index (κ3) is 1.36. The van der Waals surface area contributed by atoms with Crippen LogP contribution in [0.1, 0.15) is 27.2 Å². The molecule has 0 spiro atoms. The minimum absolute atomic E-state index is 0.0125. The molecule has 1 aliphatic heterocycles. The van der Waals surface area contributed by atoms with Crippen molar-refractivity contribution in [1.29, 1.82) is 0 Å². The van der Waals surface area contributed by atoms with Gasteiger partial charge < -0.3 is 14.9 Å². The second-order valence-electron chi connectivity index (χ2n) is 6.82. The lowest BCUT2D eigenvalue weighted by Gasteiger charge is -2.59. The summed E-state index contributed by atoms with van der Waals surface area (Å²) in [5, 5.41) is 21.0. The van der Waals surface area contributed by atoms with Crippen molar-refractivity contribution in [2.45, 2.75) is 38.9 Å². The topological polar surface area (TPSA) is 66.8 Å². The Morgan fingerprint density at radius 3 is 2.72 bits per heavy atom. The molecule has 1 heterocycles. The number of carbonyl (C=O) groups excluding carboxylic acids is 1. The molecule has 4 aliphatic rings. The summed E-state index contributed by atoms with van der Waals surface area (Å²) in [6.07, 6.45) is 0.0854. The Kier molecular flexibility index (Phi) is 2.55. The van der Waals surface area contributed by atoms with Gasteiger partial charge in [0.15, 0.2) is 0 Å². The summed E-state index contributed by atoms with van der Waals surface area (Å²) in [6.45, 7) is 6.40. The first-order valence-electron chi connectivity index (χ1n) is 6.92. The Labute approximate surface area is 107 Å². The van der Waals surface area contributed by atoms with Crippen LogP contribution in [-0.4, -0.2) is 34.5 Å². The van der Waals surface area contributed by atoms with E-state index in [9.17, 15) is 15.0 Å². The second kappa shape index (κ2) is 3.70. The summed E-state index contributed by atoms with van der Waals surface area (Å²) in [6, 6.07) is 0. The van der Waals surface area contributed by atoms with Crippen LogP contribution in [0.25, 0.3) is 0 Å². The number of aliphatic hydroxyl groups excluding tert-OH is 1. The third-order valence-corrected chi connectivity index (χ3v) is 5.67. The van der Waals surface area contributed by atoms with E-state index in [1.54, 1.807) is 6.92 Å². The summed E-state index contributed by atoms with van der Waals surface area (Å²) >= 11 is 0. The fourth-order valence-corrected chi connectivity index (χ4v) is 4.68. The maximum absolute atomic E-state index is 11.9. The van der Waals surface area contributed by atoms with E-state index in [0.29, 0.717) is 18.4 Å². The quantitative estimate of drug-likeness (QED) is 0.680. The minimum Gasteiger partial charge on any atom is -0.465 e. The van der Waals surface area contributed by atoms with Gasteiger partial charge in [-0.25, -0.2) is 0 Å². The van der Waals surface area contributed by atoms with Crippen LogP contribution in [0.2, 0.25) is 0 Å². The predicted octanol–water partition coefficient (Wildman–Crippen LogP) is 0.809. The van der Waals surface area contributed by atoms with Crippen molar-refractivity contribution in [3.8, 4) is 0 Å². The van der Waals surface area contributed by atoms with Gasteiger partial charge in [-0.05, 0) is 31.1 Å². The predicted molar refractivity (Wildman–Crippen MR) is 64.5 cm³/mol. The Hall–Kier alpha value is -0.610. The number of esters is 1. The summed E-state index contributed by atoms with van der Waals surface area (Å²) < 4.78 is 5.19. The second-order valence-corrected chi connectivity index (χ2v) is 6.82. The molecule has 4 rings (SSSR count). The Morgan fingerprint density at radius 2 is 2.11 bits per heavy atom. The SMILES string of the molecule is CC(C)C1CC2C3C(=O)OCC3C1C(O)C2(C)O. The highest BCUT2D eigenvalue weighted by molar-refractivity contribution is 5.76. The van der Waals surface area contributed by atoms with Gasteiger partial charge in [-0.15, -0.1) is 0 Å². The van der Waals surface area contributed by atoms with Crippen LogP contribution in [0.4, 0.5) is 0 Å². The summed E-state index contributed by atoms with van der Waals surface area (Å²) in [5.41, 5.74) is -1.15. The number of aliphatic hydroxyl groups is 2. The highest BCUT2D eigenvalue weighted by Crippen LogP contribution is 2.59. The van der Waals surface area contributed by atoms with E-state index in [2.05, 4.69) is 13.8 Å². The Morgan fingerprint density at radius 1 is 1.44 bits per heavy atom. The van der Waals surface area contributed by atoms with Crippen LogP contribution in [0.15, 0.2) is 0 Å². The fraction of sp³-hybridized carbons (Fsp3) is 0.929. The molecule has 3 aliphatic carbocycles. The van der Waals surface area contributed by atoms with Gasteiger partial charge in [0.1, 0.15) is 0 Å². The molecule has 1 saturated heterocycles. The first-order valence-corrected chi connectivity index (χ1v) is 6.92. The number of ether oxygens (including phenoxy) is 1. The molecule has 2 N–H and O–H groups in total. The van der Waals surface area contributed by atoms with E-state index in [1.807, 2.05) is 0 Å². The van der Waals surface area contributed by atoms with Crippen molar-refractivity contribution in [3.63, 3.8) is 0 Å². The van der Waals surface area contributed by atoms with Crippen molar-refractivity contribution in [2.24, 2.45) is 35.5 Å². The van der Waals surface area contributed by atoms with Crippen molar-refractivity contribution in [2.75, 3.05) is 6.61 Å². The molecule has 0 amide bonds. The number of hydrogen-bond donors (Lipinski definition) is 2. The minimum atomic E-state index is -1.15. The van der Waals surface area contributed by atoms with Gasteiger partial charge >= 0.3 is 5.97 Å². The molecular weight excluding hydrogens is 232 g/mol. The zero-order valence-electron chi connectivity index (χ0n) is 11.2. The van der Waals surface area contributed by atoms with E-state index < -0.39 is 11.7 Å². The summed E-state index contributed by atoms with van der Waals surface area (Å²) in [7, 11) is 0. The van der Waals surface area contributed by atoms with Crippen molar-refractivity contribution in [1.82, 2.24) is 0 Å². The van der Waals surface area contributed by atoms with Gasteiger partial charge in [0.25, 0.3) is 0 Å². The van der Waals surface area contributed by atoms with Crippen LogP contribution in [0, 0.1) is 35.5 Å². The highest BCUT2D eigenvalue weighted by Gasteiger charge is 2.66. The van der Waals surface area contributed by atoms with E-state index >= 15 is 0 Å². The van der Waals surface area contributed by atoms with Gasteiger partial charge in [0.2, 0.25) is 0 Å². The maximum atomic E-state index is 11.9. The summed E-state index contributed by atoms with van der Waals surface area (Å²) in [5.74, 6) is 0.374. The largest absolute Gasteiger partial charge is 0.465 e. The third-order valence-electron chi connectivity index (χ3n) is 5.67. The van der Waals surface area contributed by atoms with Crippen LogP contribution in [0.5, 0.6) is 0 Å². The fourth-order valence-electron chi connectivity index (χ4n) is 4.68. The normalized spacial score (nSPS) is 54.7. The Balaban J connectivity index is 2.03. The molecule has 0 aromatic heterocycles. The van der Waals surface area contributed by atoms with Gasteiger partial charge in [-0.2, -0.15) is 0 Å². The zero-order valence-corrected chi connectivity index (χ0v) is 11.2. The van der Waals surface area contributed by atoms with E-state index in [0.717, 1.165) is 6.42 Å². The first-order chi connectivity index (χ1) is 8.35. The average molecular weight is 254 g/mol. The van der Waals surface area contributed by atoms with Crippen molar-refractivity contribution < 1.29 is 19.7 Å². The number of fused-ring (bicyclic) bond motifs is 2. The molecule has 7 atom stereocenters. The molecule has 18 heavy (non-hydrogen) atoms. The summed E-state index contributed by atoms with van der Waals surface area (Å²) in [4.78, 5) is 11.9. The van der Waals surface area contributed by atoms with Crippen LogP contribution in [0.3, 0.4) is 0 Å². The lowest BCUT2D eigenvalue weighted by molar-refractivity contribution is -0.232. The lowest BCUT2D eigenvalue weighted by atomic mass is 9.47. The smallest absolute Gasteiger partial charge is 0.309 e. The van der Waals surface area contributed by atoms with Gasteiger partial charge in [-0.1, -0.05) is 13.8 Å². The van der Waals surface area contributed by atoms with E-state index in [1.165, 1.54) is 0 Å². The van der Waals surface area contributed by atoms with Crippen LogP contribution < -0.4 is 0 Å². The molecule has 0 radical (unpaired) electrons. The highest BCUT2D eigenvalue weighted by atomic mass is 16.5. The maximum Gasteiger partial charge on any atom is 0.309 e. The molecule has 4 nitrogen and oxygen atoms in total. The van der Waals surface area contributed by atoms with E-state index in [4.69, 9.17) is 4.74 Å². The monoisotopic (exact) mass is 254 g/mol. The van der Waals surface area contributed by atoms with Crippen molar-refractivity contribution in [3.05, 3.63) is 0 Å². The van der Waals surface area contributed by atoms with Gasteiger partial charge in [0.05, 0.1) is 24.2 Å². The Bertz CT molecular complexity index is 374. The number of rotatable bonds is 1. The molecular formula is C14H22O4. The average Bonchev–Trinajstić information content (AvgIpc) is 2.67. The molecule has 4 heteroatoms. The van der Waals surface area contributed by atoms with Gasteiger partial charge in [0, 0.05) is 11.8 Å². The lowest BCUT2D eigenvalue weighted by Crippen LogP contribution is -2.67. The number of hydrogen-bond acceptors (Lipinski definition) is 4. The molecule has 0 aromatic rings. The van der Waals surface area contributed by atoms with Crippen molar-refractivity contribution >= 4 is 5.97 Å². The molecule has 102 valence electrons. The number of cyclic esters (lactones) is 1. The molecule has 0 aromatic carbocycles.